The van der Waals surface area contributed by atoms with Gasteiger partial charge in [-0.1, -0.05) is 24.3 Å². The Balaban J connectivity index is 1.59. The number of rotatable bonds is 7. The molecule has 3 aromatic rings. The Bertz CT molecular complexity index is 876. The fourth-order valence-corrected chi connectivity index (χ4v) is 2.57. The van der Waals surface area contributed by atoms with Crippen LogP contribution in [0.25, 0.3) is 11.3 Å². The van der Waals surface area contributed by atoms with E-state index < -0.39 is 0 Å². The molecule has 0 aliphatic rings. The zero-order valence-electron chi connectivity index (χ0n) is 15.3. The van der Waals surface area contributed by atoms with Crippen LogP contribution in [0.2, 0.25) is 0 Å². The number of anilines is 1. The van der Waals surface area contributed by atoms with Crippen LogP contribution in [-0.4, -0.2) is 29.8 Å². The van der Waals surface area contributed by atoms with E-state index in [2.05, 4.69) is 15.5 Å². The highest BCUT2D eigenvalue weighted by Crippen LogP contribution is 2.20. The molecule has 0 saturated carbocycles. The van der Waals surface area contributed by atoms with Crippen LogP contribution < -0.4 is 14.8 Å². The third-order valence-electron chi connectivity index (χ3n) is 3.91. The minimum Gasteiger partial charge on any atom is -0.494 e. The van der Waals surface area contributed by atoms with Gasteiger partial charge in [0.2, 0.25) is 11.8 Å². The second kappa shape index (κ2) is 8.80. The van der Waals surface area contributed by atoms with E-state index in [1.165, 1.54) is 0 Å². The van der Waals surface area contributed by atoms with Crippen LogP contribution in [0.3, 0.4) is 0 Å². The Hall–Kier alpha value is -3.41. The number of methoxy groups -OCH3 is 1. The summed E-state index contributed by atoms with van der Waals surface area (Å²) in [5.41, 5.74) is 3.31. The summed E-state index contributed by atoms with van der Waals surface area (Å²) < 4.78 is 10.4. The molecule has 1 amide bonds. The van der Waals surface area contributed by atoms with Crippen molar-refractivity contribution in [1.29, 1.82) is 0 Å². The minimum atomic E-state index is -0.0730. The molecule has 0 aliphatic carbocycles. The van der Waals surface area contributed by atoms with Crippen LogP contribution in [0.1, 0.15) is 12.5 Å². The maximum Gasteiger partial charge on any atom is 0.233 e. The van der Waals surface area contributed by atoms with Crippen molar-refractivity contribution in [2.75, 3.05) is 19.0 Å². The number of amides is 1. The number of carbonyl (C=O) groups is 1. The molecule has 0 saturated heterocycles. The third-order valence-corrected chi connectivity index (χ3v) is 3.91. The van der Waals surface area contributed by atoms with Crippen LogP contribution in [0, 0.1) is 0 Å². The second-order valence-electron chi connectivity index (χ2n) is 5.84. The zero-order valence-corrected chi connectivity index (χ0v) is 15.3. The molecule has 138 valence electrons. The summed E-state index contributed by atoms with van der Waals surface area (Å²) in [5, 5.41) is 11.0. The van der Waals surface area contributed by atoms with Gasteiger partial charge in [-0.2, -0.15) is 0 Å². The molecule has 27 heavy (non-hydrogen) atoms. The smallest absolute Gasteiger partial charge is 0.233 e. The van der Waals surface area contributed by atoms with Gasteiger partial charge in [0, 0.05) is 17.3 Å². The summed E-state index contributed by atoms with van der Waals surface area (Å²) in [7, 11) is 1.55. The molecule has 0 aliphatic heterocycles. The van der Waals surface area contributed by atoms with Crippen LogP contribution >= 0.6 is 0 Å². The van der Waals surface area contributed by atoms with E-state index in [1.54, 1.807) is 13.2 Å². The standard InChI is InChI=1S/C21H21N3O3/c1-3-27-18-10-4-15(5-11-18)14-20(25)22-17-8-6-16(7-9-17)19-12-13-21(26-2)24-23-19/h4-13H,3,14H2,1-2H3,(H,22,25). The number of ether oxygens (including phenoxy) is 2. The molecule has 0 bridgehead atoms. The van der Waals surface area contributed by atoms with E-state index in [0.717, 1.165) is 28.3 Å². The molecular formula is C21H21N3O3. The number of aromatic nitrogens is 2. The van der Waals surface area contributed by atoms with Crippen molar-refractivity contribution in [1.82, 2.24) is 10.2 Å². The van der Waals surface area contributed by atoms with E-state index in [4.69, 9.17) is 9.47 Å². The fraction of sp³-hybridized carbons (Fsp3) is 0.190. The average Bonchev–Trinajstić information content (AvgIpc) is 2.70. The summed E-state index contributed by atoms with van der Waals surface area (Å²) in [6.07, 6.45) is 0.304. The lowest BCUT2D eigenvalue weighted by atomic mass is 10.1. The predicted molar refractivity (Wildman–Crippen MR) is 104 cm³/mol. The van der Waals surface area contributed by atoms with Gasteiger partial charge in [-0.25, -0.2) is 0 Å². The lowest BCUT2D eigenvalue weighted by Gasteiger charge is -2.08. The Labute approximate surface area is 158 Å². The monoisotopic (exact) mass is 363 g/mol. The molecule has 3 rings (SSSR count). The van der Waals surface area contributed by atoms with Gasteiger partial charge < -0.3 is 14.8 Å². The third kappa shape index (κ3) is 5.04. The average molecular weight is 363 g/mol. The van der Waals surface area contributed by atoms with Crippen LogP contribution in [0.5, 0.6) is 11.6 Å². The summed E-state index contributed by atoms with van der Waals surface area (Å²) in [6, 6.07) is 18.6. The number of hydrogen-bond acceptors (Lipinski definition) is 5. The maximum atomic E-state index is 12.2. The highest BCUT2D eigenvalue weighted by Gasteiger charge is 2.06. The van der Waals surface area contributed by atoms with Gasteiger partial charge in [-0.3, -0.25) is 4.79 Å². The van der Waals surface area contributed by atoms with Crippen molar-refractivity contribution >= 4 is 11.6 Å². The molecule has 0 spiro atoms. The molecule has 1 heterocycles. The Morgan fingerprint density at radius 3 is 2.30 bits per heavy atom. The number of nitrogens with one attached hydrogen (secondary N) is 1. The summed E-state index contributed by atoms with van der Waals surface area (Å²) in [4.78, 5) is 12.2. The Morgan fingerprint density at radius 2 is 1.70 bits per heavy atom. The van der Waals surface area contributed by atoms with Gasteiger partial charge in [0.25, 0.3) is 0 Å². The van der Waals surface area contributed by atoms with Gasteiger partial charge in [0.1, 0.15) is 5.75 Å². The molecule has 2 aromatic carbocycles. The van der Waals surface area contributed by atoms with Crippen molar-refractivity contribution in [3.05, 3.63) is 66.2 Å². The number of carbonyl (C=O) groups excluding carboxylic acids is 1. The molecule has 0 unspecified atom stereocenters. The quantitative estimate of drug-likeness (QED) is 0.692. The largest absolute Gasteiger partial charge is 0.494 e. The fourth-order valence-electron chi connectivity index (χ4n) is 2.57. The van der Waals surface area contributed by atoms with E-state index in [9.17, 15) is 4.79 Å². The van der Waals surface area contributed by atoms with Crippen molar-refractivity contribution < 1.29 is 14.3 Å². The first-order chi connectivity index (χ1) is 13.2. The number of hydrogen-bond donors (Lipinski definition) is 1. The van der Waals surface area contributed by atoms with E-state index in [0.29, 0.717) is 18.9 Å². The van der Waals surface area contributed by atoms with Gasteiger partial charge in [0.15, 0.2) is 0 Å². The predicted octanol–water partition coefficient (Wildman–Crippen LogP) is 3.73. The van der Waals surface area contributed by atoms with E-state index in [-0.39, 0.29) is 5.91 Å². The molecule has 0 atom stereocenters. The van der Waals surface area contributed by atoms with Crippen LogP contribution in [-0.2, 0) is 11.2 Å². The van der Waals surface area contributed by atoms with Crippen molar-refractivity contribution in [2.45, 2.75) is 13.3 Å². The van der Waals surface area contributed by atoms with E-state index >= 15 is 0 Å². The summed E-state index contributed by atoms with van der Waals surface area (Å²) in [5.74, 6) is 1.20. The van der Waals surface area contributed by atoms with Crippen molar-refractivity contribution in [3.63, 3.8) is 0 Å². The minimum absolute atomic E-state index is 0.0730. The zero-order chi connectivity index (χ0) is 19.1. The summed E-state index contributed by atoms with van der Waals surface area (Å²) >= 11 is 0. The molecular weight excluding hydrogens is 342 g/mol. The lowest BCUT2D eigenvalue weighted by molar-refractivity contribution is -0.115. The molecule has 6 nitrogen and oxygen atoms in total. The first-order valence-corrected chi connectivity index (χ1v) is 8.67. The second-order valence-corrected chi connectivity index (χ2v) is 5.84. The lowest BCUT2D eigenvalue weighted by Crippen LogP contribution is -2.14. The summed E-state index contributed by atoms with van der Waals surface area (Å²) in [6.45, 7) is 2.56. The van der Waals surface area contributed by atoms with Gasteiger partial charge in [-0.05, 0) is 42.8 Å². The molecule has 1 N–H and O–H groups in total. The Morgan fingerprint density at radius 1 is 0.963 bits per heavy atom. The van der Waals surface area contributed by atoms with Crippen LogP contribution in [0.15, 0.2) is 60.7 Å². The highest BCUT2D eigenvalue weighted by atomic mass is 16.5. The maximum absolute atomic E-state index is 12.2. The van der Waals surface area contributed by atoms with Crippen molar-refractivity contribution in [2.24, 2.45) is 0 Å². The molecule has 0 fully saturated rings. The molecule has 6 heteroatoms. The van der Waals surface area contributed by atoms with Crippen molar-refractivity contribution in [3.8, 4) is 22.9 Å². The number of benzene rings is 2. The van der Waals surface area contributed by atoms with Crippen LogP contribution in [0.4, 0.5) is 5.69 Å². The number of nitrogens with zero attached hydrogens (tertiary/aromatic N) is 2. The van der Waals surface area contributed by atoms with Gasteiger partial charge >= 0.3 is 0 Å². The first-order valence-electron chi connectivity index (χ1n) is 8.67. The van der Waals surface area contributed by atoms with E-state index in [1.807, 2.05) is 61.5 Å². The molecule has 1 aromatic heterocycles. The SMILES string of the molecule is CCOc1ccc(CC(=O)Nc2ccc(-c3ccc(OC)nn3)cc2)cc1. The highest BCUT2D eigenvalue weighted by molar-refractivity contribution is 5.92. The normalized spacial score (nSPS) is 10.3. The molecule has 0 radical (unpaired) electrons. The Kier molecular flexibility index (Phi) is 5.99. The first kappa shape index (κ1) is 18.4. The van der Waals surface area contributed by atoms with Gasteiger partial charge in [-0.15, -0.1) is 10.2 Å². The van der Waals surface area contributed by atoms with Gasteiger partial charge in [0.05, 0.1) is 25.8 Å². The topological polar surface area (TPSA) is 73.3 Å².